The van der Waals surface area contributed by atoms with Gasteiger partial charge in [-0.2, -0.15) is 4.98 Å². The van der Waals surface area contributed by atoms with E-state index in [-0.39, 0.29) is 17.6 Å². The Bertz CT molecular complexity index is 836. The topological polar surface area (TPSA) is 80.5 Å². The molecule has 4 rings (SSSR count). The Morgan fingerprint density at radius 3 is 2.81 bits per heavy atom. The van der Waals surface area contributed by atoms with Crippen molar-refractivity contribution in [3.05, 3.63) is 36.0 Å². The Hall–Kier alpha value is -2.32. The van der Waals surface area contributed by atoms with Crippen LogP contribution in [0.15, 0.2) is 28.8 Å². The second-order valence-corrected chi connectivity index (χ2v) is 8.51. The average Bonchev–Trinajstić information content (AvgIpc) is 3.46. The van der Waals surface area contributed by atoms with E-state index >= 15 is 0 Å². The van der Waals surface area contributed by atoms with E-state index in [1.165, 1.54) is 37.8 Å². The van der Waals surface area contributed by atoms with Crippen LogP contribution in [0.4, 0.5) is 4.39 Å². The Balaban J connectivity index is 1.19. The summed E-state index contributed by atoms with van der Waals surface area (Å²) in [6.45, 7) is 3.46. The number of nitrogens with one attached hydrogen (secondary N) is 1. The Labute approximate surface area is 182 Å². The van der Waals surface area contributed by atoms with Gasteiger partial charge in [-0.3, -0.25) is 9.69 Å². The monoisotopic (exact) mass is 430 g/mol. The minimum atomic E-state index is -0.300. The van der Waals surface area contributed by atoms with Crippen molar-refractivity contribution in [1.29, 1.82) is 0 Å². The zero-order chi connectivity index (χ0) is 21.5. The molecule has 1 aliphatic carbocycles. The third-order valence-corrected chi connectivity index (χ3v) is 6.08. The first-order valence-corrected chi connectivity index (χ1v) is 11.4. The van der Waals surface area contributed by atoms with Crippen molar-refractivity contribution in [2.24, 2.45) is 5.92 Å². The molecule has 1 N–H and O–H groups in total. The van der Waals surface area contributed by atoms with Crippen molar-refractivity contribution in [1.82, 2.24) is 20.4 Å². The number of benzene rings is 1. The number of rotatable bonds is 9. The van der Waals surface area contributed by atoms with E-state index in [1.54, 1.807) is 12.1 Å². The summed E-state index contributed by atoms with van der Waals surface area (Å²) in [7, 11) is 0. The average molecular weight is 431 g/mol. The lowest BCUT2D eigenvalue weighted by molar-refractivity contribution is -0.126. The van der Waals surface area contributed by atoms with Gasteiger partial charge in [0, 0.05) is 25.3 Å². The second kappa shape index (κ2) is 10.8. The Morgan fingerprint density at radius 1 is 1.19 bits per heavy atom. The highest BCUT2D eigenvalue weighted by Crippen LogP contribution is 2.22. The zero-order valence-electron chi connectivity index (χ0n) is 17.9. The molecule has 8 heteroatoms. The SMILES string of the molecule is O=C(NCCCOC1CCCC1)C1CCCN(Cc2nc(-c3ccc(F)cc3)no2)C1. The summed E-state index contributed by atoms with van der Waals surface area (Å²) in [5.74, 6) is 0.740. The molecule has 31 heavy (non-hydrogen) atoms. The van der Waals surface area contributed by atoms with Crippen LogP contribution in [0.25, 0.3) is 11.4 Å². The van der Waals surface area contributed by atoms with Crippen LogP contribution in [-0.4, -0.2) is 53.3 Å². The lowest BCUT2D eigenvalue weighted by atomic mass is 9.97. The molecule has 2 fully saturated rings. The standard InChI is InChI=1S/C23H31FN4O3/c24-19-10-8-17(9-11-19)22-26-21(31-27-22)16-28-13-3-5-18(15-28)23(29)25-12-4-14-30-20-6-1-2-7-20/h8-11,18,20H,1-7,12-16H2,(H,25,29). The maximum Gasteiger partial charge on any atom is 0.241 e. The first-order chi connectivity index (χ1) is 15.2. The first kappa shape index (κ1) is 21.9. The molecule has 7 nitrogen and oxygen atoms in total. The summed E-state index contributed by atoms with van der Waals surface area (Å²) in [5.41, 5.74) is 0.712. The Morgan fingerprint density at radius 2 is 2.00 bits per heavy atom. The van der Waals surface area contributed by atoms with Crippen LogP contribution in [-0.2, 0) is 16.1 Å². The fourth-order valence-corrected chi connectivity index (χ4v) is 4.37. The fraction of sp³-hybridized carbons (Fsp3) is 0.609. The van der Waals surface area contributed by atoms with Crippen LogP contribution >= 0.6 is 0 Å². The van der Waals surface area contributed by atoms with E-state index in [0.717, 1.165) is 32.4 Å². The van der Waals surface area contributed by atoms with E-state index in [0.29, 0.717) is 43.0 Å². The highest BCUT2D eigenvalue weighted by Gasteiger charge is 2.26. The minimum absolute atomic E-state index is 0.0241. The van der Waals surface area contributed by atoms with Crippen molar-refractivity contribution >= 4 is 5.91 Å². The van der Waals surface area contributed by atoms with E-state index in [1.807, 2.05) is 0 Å². The van der Waals surface area contributed by atoms with Crippen molar-refractivity contribution in [3.63, 3.8) is 0 Å². The lowest BCUT2D eigenvalue weighted by Crippen LogP contribution is -2.43. The van der Waals surface area contributed by atoms with Crippen molar-refractivity contribution in [2.45, 2.75) is 57.6 Å². The molecular formula is C23H31FN4O3. The smallest absolute Gasteiger partial charge is 0.241 e. The molecule has 1 saturated carbocycles. The van der Waals surface area contributed by atoms with Crippen molar-refractivity contribution in [3.8, 4) is 11.4 Å². The summed E-state index contributed by atoms with van der Waals surface area (Å²) in [6.07, 6.45) is 8.04. The molecule has 2 aliphatic rings. The molecule has 0 radical (unpaired) electrons. The fourth-order valence-electron chi connectivity index (χ4n) is 4.37. The van der Waals surface area contributed by atoms with Gasteiger partial charge in [0.25, 0.3) is 0 Å². The third kappa shape index (κ3) is 6.33. The van der Waals surface area contributed by atoms with Gasteiger partial charge in [0.2, 0.25) is 17.6 Å². The van der Waals surface area contributed by atoms with Crippen molar-refractivity contribution in [2.75, 3.05) is 26.2 Å². The summed E-state index contributed by atoms with van der Waals surface area (Å²) < 4.78 is 24.3. The van der Waals surface area contributed by atoms with Gasteiger partial charge in [-0.15, -0.1) is 0 Å². The van der Waals surface area contributed by atoms with Gasteiger partial charge in [-0.1, -0.05) is 18.0 Å². The normalized spacial score (nSPS) is 20.2. The van der Waals surface area contributed by atoms with Gasteiger partial charge in [0.15, 0.2) is 0 Å². The number of ether oxygens (including phenoxy) is 1. The summed E-state index contributed by atoms with van der Waals surface area (Å²) >= 11 is 0. The summed E-state index contributed by atoms with van der Waals surface area (Å²) in [6, 6.07) is 6.01. The molecule has 2 aromatic rings. The van der Waals surface area contributed by atoms with E-state index in [4.69, 9.17) is 9.26 Å². The molecule has 168 valence electrons. The largest absolute Gasteiger partial charge is 0.378 e. The van der Waals surface area contributed by atoms with Crippen LogP contribution in [0.1, 0.15) is 50.8 Å². The molecule has 2 heterocycles. The van der Waals surface area contributed by atoms with Gasteiger partial charge in [-0.05, 0) is 62.9 Å². The van der Waals surface area contributed by atoms with E-state index < -0.39 is 0 Å². The van der Waals surface area contributed by atoms with Gasteiger partial charge in [0.05, 0.1) is 18.6 Å². The summed E-state index contributed by atoms with van der Waals surface area (Å²) in [4.78, 5) is 19.2. The zero-order valence-corrected chi connectivity index (χ0v) is 17.9. The molecule has 1 amide bonds. The first-order valence-electron chi connectivity index (χ1n) is 11.4. The second-order valence-electron chi connectivity index (χ2n) is 8.51. The number of halogens is 1. The van der Waals surface area contributed by atoms with Gasteiger partial charge in [0.1, 0.15) is 5.82 Å². The maximum absolute atomic E-state index is 13.1. The van der Waals surface area contributed by atoms with Crippen LogP contribution in [0.5, 0.6) is 0 Å². The molecule has 1 saturated heterocycles. The highest BCUT2D eigenvalue weighted by molar-refractivity contribution is 5.78. The number of likely N-dealkylation sites (tertiary alicyclic amines) is 1. The van der Waals surface area contributed by atoms with E-state index in [9.17, 15) is 9.18 Å². The van der Waals surface area contributed by atoms with Crippen LogP contribution in [0, 0.1) is 11.7 Å². The number of hydrogen-bond donors (Lipinski definition) is 1. The van der Waals surface area contributed by atoms with E-state index in [2.05, 4.69) is 20.4 Å². The molecular weight excluding hydrogens is 399 g/mol. The lowest BCUT2D eigenvalue weighted by Gasteiger charge is -2.30. The molecule has 0 bridgehead atoms. The van der Waals surface area contributed by atoms with Gasteiger partial charge >= 0.3 is 0 Å². The number of nitrogens with zero attached hydrogens (tertiary/aromatic N) is 3. The molecule has 0 spiro atoms. The van der Waals surface area contributed by atoms with Gasteiger partial charge < -0.3 is 14.6 Å². The minimum Gasteiger partial charge on any atom is -0.378 e. The molecule has 1 atom stereocenters. The number of carbonyl (C=O) groups is 1. The van der Waals surface area contributed by atoms with Crippen LogP contribution in [0.2, 0.25) is 0 Å². The number of aromatic nitrogens is 2. The molecule has 1 unspecified atom stereocenters. The van der Waals surface area contributed by atoms with Crippen LogP contribution < -0.4 is 5.32 Å². The highest BCUT2D eigenvalue weighted by atomic mass is 19.1. The van der Waals surface area contributed by atoms with Gasteiger partial charge in [-0.25, -0.2) is 4.39 Å². The van der Waals surface area contributed by atoms with Crippen LogP contribution in [0.3, 0.4) is 0 Å². The van der Waals surface area contributed by atoms with Crippen molar-refractivity contribution < 1.29 is 18.4 Å². The quantitative estimate of drug-likeness (QED) is 0.613. The number of amides is 1. The number of piperidine rings is 1. The predicted octanol–water partition coefficient (Wildman–Crippen LogP) is 3.55. The number of hydrogen-bond acceptors (Lipinski definition) is 6. The molecule has 1 aliphatic heterocycles. The molecule has 1 aromatic carbocycles. The molecule has 1 aromatic heterocycles. The number of carbonyl (C=O) groups excluding carboxylic acids is 1. The predicted molar refractivity (Wildman–Crippen MR) is 114 cm³/mol. The summed E-state index contributed by atoms with van der Waals surface area (Å²) in [5, 5.41) is 7.06. The third-order valence-electron chi connectivity index (χ3n) is 6.08. The maximum atomic E-state index is 13.1. The Kier molecular flexibility index (Phi) is 7.64.